The Hall–Kier alpha value is -1.46. The first kappa shape index (κ1) is 10.6. The van der Waals surface area contributed by atoms with Gasteiger partial charge in [-0.05, 0) is 17.7 Å². The largest absolute Gasteiger partial charge is 0.480 e. The van der Waals surface area contributed by atoms with Gasteiger partial charge in [-0.3, -0.25) is 4.79 Å². The van der Waals surface area contributed by atoms with Crippen LogP contribution in [-0.2, 0) is 4.79 Å². The number of halogens is 1. The number of carbonyl (C=O) groups is 1. The third kappa shape index (κ3) is 2.27. The van der Waals surface area contributed by atoms with Crippen LogP contribution >= 0.6 is 0 Å². The van der Waals surface area contributed by atoms with Crippen LogP contribution in [0.4, 0.5) is 4.39 Å². The minimum Gasteiger partial charge on any atom is -0.480 e. The second-order valence-corrected chi connectivity index (χ2v) is 2.94. The summed E-state index contributed by atoms with van der Waals surface area (Å²) in [6.45, 7) is 0. The van der Waals surface area contributed by atoms with E-state index in [1.807, 2.05) is 0 Å². The molecule has 0 aliphatic rings. The molecule has 0 saturated carbocycles. The first-order valence-corrected chi connectivity index (χ1v) is 4.02. The molecular weight excluding hydrogens is 187 g/mol. The minimum absolute atomic E-state index is 0.398. The smallest absolute Gasteiger partial charge is 0.322 e. The summed E-state index contributed by atoms with van der Waals surface area (Å²) in [5, 5.41) is 8.59. The third-order valence-electron chi connectivity index (χ3n) is 1.93. The number of rotatable bonds is 3. The maximum Gasteiger partial charge on any atom is 0.322 e. The Balaban J connectivity index is 2.84. The van der Waals surface area contributed by atoms with Crippen molar-refractivity contribution in [1.29, 1.82) is 0 Å². The third-order valence-corrected chi connectivity index (χ3v) is 1.93. The quantitative estimate of drug-likeness (QED) is 0.648. The lowest BCUT2D eigenvalue weighted by atomic mass is 10.0. The minimum atomic E-state index is -1.18. The molecule has 0 fully saturated rings. The summed E-state index contributed by atoms with van der Waals surface area (Å²) in [4.78, 5) is 10.5. The first-order chi connectivity index (χ1) is 6.52. The lowest BCUT2D eigenvalue weighted by Gasteiger charge is -2.15. The molecule has 0 amide bonds. The Morgan fingerprint density at radius 3 is 2.21 bits per heavy atom. The molecule has 4 nitrogen and oxygen atoms in total. The molecule has 0 spiro atoms. The van der Waals surface area contributed by atoms with Gasteiger partial charge in [0.15, 0.2) is 0 Å². The molecule has 1 aromatic rings. The zero-order valence-electron chi connectivity index (χ0n) is 7.35. The normalized spacial score (nSPS) is 14.8. The molecule has 76 valence electrons. The molecule has 0 heterocycles. The number of nitrogens with two attached hydrogens (primary N) is 2. The van der Waals surface area contributed by atoms with Crippen molar-refractivity contribution in [2.45, 2.75) is 12.1 Å². The summed E-state index contributed by atoms with van der Waals surface area (Å²) < 4.78 is 12.5. The molecule has 0 radical (unpaired) electrons. The van der Waals surface area contributed by atoms with Crippen molar-refractivity contribution in [3.05, 3.63) is 35.6 Å². The van der Waals surface area contributed by atoms with Crippen LogP contribution in [0.3, 0.4) is 0 Å². The lowest BCUT2D eigenvalue weighted by Crippen LogP contribution is -2.40. The number of hydrogen-bond acceptors (Lipinski definition) is 3. The summed E-state index contributed by atoms with van der Waals surface area (Å²) >= 11 is 0. The van der Waals surface area contributed by atoms with Crippen molar-refractivity contribution < 1.29 is 14.3 Å². The van der Waals surface area contributed by atoms with Gasteiger partial charge in [0.05, 0.1) is 6.04 Å². The van der Waals surface area contributed by atoms with Crippen LogP contribution < -0.4 is 11.5 Å². The molecule has 0 aromatic heterocycles. The summed E-state index contributed by atoms with van der Waals surface area (Å²) in [6.07, 6.45) is 0. The van der Waals surface area contributed by atoms with Crippen molar-refractivity contribution in [2.75, 3.05) is 0 Å². The number of carboxylic acids is 1. The van der Waals surface area contributed by atoms with Crippen LogP contribution in [0.2, 0.25) is 0 Å². The van der Waals surface area contributed by atoms with Gasteiger partial charge in [-0.25, -0.2) is 4.39 Å². The fourth-order valence-electron chi connectivity index (χ4n) is 1.05. The SMILES string of the molecule is N[C@H](C(=O)O)[C@H](N)c1ccc(F)cc1. The van der Waals surface area contributed by atoms with Crippen LogP contribution in [0.5, 0.6) is 0 Å². The number of aliphatic carboxylic acids is 1. The average Bonchev–Trinajstić information content (AvgIpc) is 2.16. The summed E-state index contributed by atoms with van der Waals surface area (Å²) in [5.74, 6) is -1.58. The van der Waals surface area contributed by atoms with E-state index in [0.717, 1.165) is 0 Å². The van der Waals surface area contributed by atoms with Crippen LogP contribution in [0, 0.1) is 5.82 Å². The number of carboxylic acid groups (broad SMARTS) is 1. The topological polar surface area (TPSA) is 89.3 Å². The molecule has 1 aromatic carbocycles. The van der Waals surface area contributed by atoms with Gasteiger partial charge in [-0.15, -0.1) is 0 Å². The van der Waals surface area contributed by atoms with Gasteiger partial charge in [0.2, 0.25) is 0 Å². The van der Waals surface area contributed by atoms with Gasteiger partial charge >= 0.3 is 5.97 Å². The maximum atomic E-state index is 12.5. The van der Waals surface area contributed by atoms with Gasteiger partial charge in [-0.2, -0.15) is 0 Å². The Labute approximate surface area is 80.3 Å². The second-order valence-electron chi connectivity index (χ2n) is 2.94. The van der Waals surface area contributed by atoms with Crippen molar-refractivity contribution in [1.82, 2.24) is 0 Å². The van der Waals surface area contributed by atoms with Gasteiger partial charge in [0.1, 0.15) is 11.9 Å². The summed E-state index contributed by atoms with van der Waals surface area (Å²) in [5.41, 5.74) is 11.4. The number of benzene rings is 1. The predicted octanol–water partition coefficient (Wildman–Crippen LogP) is 0.237. The second kappa shape index (κ2) is 4.17. The predicted molar refractivity (Wildman–Crippen MR) is 48.9 cm³/mol. The van der Waals surface area contributed by atoms with Crippen molar-refractivity contribution in [2.24, 2.45) is 11.5 Å². The van der Waals surface area contributed by atoms with E-state index in [4.69, 9.17) is 16.6 Å². The number of hydrogen-bond donors (Lipinski definition) is 3. The van der Waals surface area contributed by atoms with Crippen molar-refractivity contribution in [3.63, 3.8) is 0 Å². The van der Waals surface area contributed by atoms with Crippen LogP contribution in [0.1, 0.15) is 11.6 Å². The van der Waals surface area contributed by atoms with E-state index >= 15 is 0 Å². The Morgan fingerprint density at radius 1 is 1.29 bits per heavy atom. The Morgan fingerprint density at radius 2 is 1.79 bits per heavy atom. The molecule has 2 atom stereocenters. The Bertz CT molecular complexity index is 326. The van der Waals surface area contributed by atoms with Gasteiger partial charge in [0.25, 0.3) is 0 Å². The van der Waals surface area contributed by atoms with Gasteiger partial charge in [0, 0.05) is 0 Å². The molecule has 5 heteroatoms. The Kier molecular flexibility index (Phi) is 3.16. The van der Waals surface area contributed by atoms with Crippen LogP contribution in [-0.4, -0.2) is 17.1 Å². The van der Waals surface area contributed by atoms with Gasteiger partial charge < -0.3 is 16.6 Å². The molecule has 0 aliphatic heterocycles. The fourth-order valence-corrected chi connectivity index (χ4v) is 1.05. The molecule has 0 bridgehead atoms. The highest BCUT2D eigenvalue weighted by molar-refractivity contribution is 5.74. The van der Waals surface area contributed by atoms with E-state index in [9.17, 15) is 9.18 Å². The molecule has 0 unspecified atom stereocenters. The van der Waals surface area contributed by atoms with E-state index in [-0.39, 0.29) is 0 Å². The summed E-state index contributed by atoms with van der Waals surface area (Å²) in [7, 11) is 0. The van der Waals surface area contributed by atoms with E-state index in [0.29, 0.717) is 5.56 Å². The standard InChI is InChI=1S/C9H11FN2O2/c10-6-3-1-5(2-4-6)7(11)8(12)9(13)14/h1-4,7-8H,11-12H2,(H,13,14)/t7-,8+/m1/s1. The maximum absolute atomic E-state index is 12.5. The van der Waals surface area contributed by atoms with E-state index in [1.165, 1.54) is 24.3 Å². The van der Waals surface area contributed by atoms with Crippen LogP contribution in [0.15, 0.2) is 24.3 Å². The highest BCUT2D eigenvalue weighted by Crippen LogP contribution is 2.13. The van der Waals surface area contributed by atoms with Crippen molar-refractivity contribution in [3.8, 4) is 0 Å². The highest BCUT2D eigenvalue weighted by Gasteiger charge is 2.21. The molecule has 0 aliphatic carbocycles. The van der Waals surface area contributed by atoms with Gasteiger partial charge in [-0.1, -0.05) is 12.1 Å². The van der Waals surface area contributed by atoms with Crippen LogP contribution in [0.25, 0.3) is 0 Å². The van der Waals surface area contributed by atoms with E-state index in [2.05, 4.69) is 0 Å². The molecule has 1 rings (SSSR count). The fraction of sp³-hybridized carbons (Fsp3) is 0.222. The first-order valence-electron chi connectivity index (χ1n) is 4.02. The zero-order valence-corrected chi connectivity index (χ0v) is 7.35. The van der Waals surface area contributed by atoms with E-state index in [1.54, 1.807) is 0 Å². The molecular formula is C9H11FN2O2. The molecule has 5 N–H and O–H groups in total. The van der Waals surface area contributed by atoms with Crippen molar-refractivity contribution >= 4 is 5.97 Å². The lowest BCUT2D eigenvalue weighted by molar-refractivity contribution is -0.139. The zero-order chi connectivity index (χ0) is 10.7. The monoisotopic (exact) mass is 198 g/mol. The van der Waals surface area contributed by atoms with E-state index < -0.39 is 23.9 Å². The molecule has 14 heavy (non-hydrogen) atoms. The average molecular weight is 198 g/mol. The summed E-state index contributed by atoms with van der Waals surface area (Å²) in [6, 6.07) is 3.26. The molecule has 0 saturated heterocycles. The highest BCUT2D eigenvalue weighted by atomic mass is 19.1.